The van der Waals surface area contributed by atoms with Crippen LogP contribution in [0.15, 0.2) is 40.1 Å². The minimum absolute atomic E-state index is 0.102. The molecule has 1 fully saturated rings. The molecule has 3 N–H and O–H groups in total. The monoisotopic (exact) mass is 509 g/mol. The van der Waals surface area contributed by atoms with Crippen LogP contribution in [0.2, 0.25) is 0 Å². The van der Waals surface area contributed by atoms with Crippen molar-refractivity contribution in [1.29, 1.82) is 5.26 Å². The van der Waals surface area contributed by atoms with Crippen molar-refractivity contribution >= 4 is 29.3 Å². The number of nitrogens with one attached hydrogen (secondary N) is 3. The van der Waals surface area contributed by atoms with Gasteiger partial charge < -0.3 is 19.9 Å². The molecule has 2 aromatic heterocycles. The lowest BCUT2D eigenvalue weighted by Gasteiger charge is -2.35. The smallest absolute Gasteiger partial charge is 0.181 e. The summed E-state index contributed by atoms with van der Waals surface area (Å²) in [7, 11) is 0. The van der Waals surface area contributed by atoms with Crippen LogP contribution in [-0.2, 0) is 0 Å². The Bertz CT molecular complexity index is 1360. The zero-order chi connectivity index (χ0) is 26.4. The summed E-state index contributed by atoms with van der Waals surface area (Å²) in [6, 6.07) is 6.55. The van der Waals surface area contributed by atoms with Crippen molar-refractivity contribution in [1.82, 2.24) is 25.0 Å². The van der Waals surface area contributed by atoms with E-state index in [2.05, 4.69) is 48.2 Å². The number of ether oxygens (including phenoxy) is 1. The maximum atomic E-state index is 14.9. The first kappa shape index (κ1) is 25.8. The molecule has 1 aliphatic rings. The topological polar surface area (TPSA) is 121 Å². The van der Waals surface area contributed by atoms with Gasteiger partial charge in [0.1, 0.15) is 11.7 Å². The minimum Gasteiger partial charge on any atom is -0.468 e. The van der Waals surface area contributed by atoms with E-state index in [1.54, 1.807) is 13.0 Å². The Kier molecular flexibility index (Phi) is 8.15. The van der Waals surface area contributed by atoms with Crippen molar-refractivity contribution in [2.24, 2.45) is 9.98 Å². The molecule has 0 spiro atoms. The van der Waals surface area contributed by atoms with Gasteiger partial charge in [-0.25, -0.2) is 18.8 Å². The molecule has 1 aliphatic heterocycles. The molecule has 3 aromatic rings. The van der Waals surface area contributed by atoms with Gasteiger partial charge >= 0.3 is 0 Å². The zero-order valence-corrected chi connectivity index (χ0v) is 20.8. The van der Waals surface area contributed by atoms with Crippen LogP contribution in [0.3, 0.4) is 0 Å². The summed E-state index contributed by atoms with van der Waals surface area (Å²) in [6.07, 6.45) is 2.18. The molecule has 4 rings (SSSR count). The quantitative estimate of drug-likeness (QED) is 0.299. The number of hydrogen-bond acceptors (Lipinski definition) is 7. The van der Waals surface area contributed by atoms with E-state index in [0.29, 0.717) is 49.2 Å². The highest BCUT2D eigenvalue weighted by atomic mass is 19.1. The van der Waals surface area contributed by atoms with Gasteiger partial charge in [-0.3, -0.25) is 10.00 Å². The van der Waals surface area contributed by atoms with Gasteiger partial charge in [0, 0.05) is 74.1 Å². The molecule has 0 unspecified atom stereocenters. The van der Waals surface area contributed by atoms with Crippen molar-refractivity contribution < 1.29 is 13.5 Å². The van der Waals surface area contributed by atoms with Crippen molar-refractivity contribution in [3.8, 4) is 11.8 Å². The van der Waals surface area contributed by atoms with E-state index < -0.39 is 11.6 Å². The molecule has 12 heteroatoms. The normalized spacial score (nSPS) is 15.2. The number of hydrogen-bond donors (Lipinski definition) is 3. The van der Waals surface area contributed by atoms with Crippen LogP contribution in [0.5, 0.6) is 5.75 Å². The second kappa shape index (κ2) is 11.7. The third kappa shape index (κ3) is 6.31. The number of benzene rings is 1. The lowest BCUT2D eigenvalue weighted by molar-refractivity contribution is 0.185. The third-order valence-electron chi connectivity index (χ3n) is 5.98. The summed E-state index contributed by atoms with van der Waals surface area (Å²) in [6.45, 7) is 10.5. The molecule has 0 amide bonds. The number of aromatic amines is 2. The van der Waals surface area contributed by atoms with E-state index in [9.17, 15) is 8.78 Å². The Morgan fingerprint density at radius 3 is 2.70 bits per heavy atom. The molecule has 0 radical (unpaired) electrons. The highest BCUT2D eigenvalue weighted by Gasteiger charge is 2.20. The number of aryl methyl sites for hydroxylation is 2. The molecule has 1 saturated heterocycles. The number of anilines is 1. The second-order valence-corrected chi connectivity index (χ2v) is 8.69. The Labute approximate surface area is 213 Å². The van der Waals surface area contributed by atoms with Gasteiger partial charge in [0.2, 0.25) is 0 Å². The van der Waals surface area contributed by atoms with Crippen LogP contribution in [0.1, 0.15) is 17.8 Å². The molecule has 0 atom stereocenters. The van der Waals surface area contributed by atoms with E-state index in [-0.39, 0.29) is 23.4 Å². The van der Waals surface area contributed by atoms with Gasteiger partial charge in [0.15, 0.2) is 29.9 Å². The number of halogens is 2. The Hall–Kier alpha value is -4.24. The molecular weight excluding hydrogens is 480 g/mol. The van der Waals surface area contributed by atoms with E-state index in [1.807, 2.05) is 17.9 Å². The van der Waals surface area contributed by atoms with Crippen molar-refractivity contribution in [2.75, 3.05) is 44.8 Å². The van der Waals surface area contributed by atoms with Crippen LogP contribution in [0.25, 0.3) is 10.9 Å². The van der Waals surface area contributed by atoms with E-state index in [4.69, 9.17) is 10.00 Å². The molecule has 3 heterocycles. The molecule has 0 saturated carbocycles. The fourth-order valence-corrected chi connectivity index (χ4v) is 4.11. The van der Waals surface area contributed by atoms with Gasteiger partial charge in [-0.15, -0.1) is 0 Å². The Morgan fingerprint density at radius 1 is 1.24 bits per heavy atom. The fraction of sp³-hybridized carbons (Fsp3) is 0.360. The third-order valence-corrected chi connectivity index (χ3v) is 5.98. The molecular formula is C25H29F2N9O. The molecule has 0 aliphatic carbocycles. The number of H-pyrrole nitrogens is 2. The summed E-state index contributed by atoms with van der Waals surface area (Å²) >= 11 is 0. The van der Waals surface area contributed by atoms with Gasteiger partial charge in [0.05, 0.1) is 11.6 Å². The molecule has 194 valence electrons. The Morgan fingerprint density at radius 2 is 2.03 bits per heavy atom. The van der Waals surface area contributed by atoms with Crippen LogP contribution in [0.4, 0.5) is 14.6 Å². The Balaban J connectivity index is 1.55. The summed E-state index contributed by atoms with van der Waals surface area (Å²) in [5.74, 6) is 0.0577. The maximum Gasteiger partial charge on any atom is 0.181 e. The second-order valence-electron chi connectivity index (χ2n) is 8.69. The average molecular weight is 510 g/mol. The minimum atomic E-state index is -0.650. The van der Waals surface area contributed by atoms with Crippen molar-refractivity contribution in [3.63, 3.8) is 0 Å². The molecule has 1 aromatic carbocycles. The number of rotatable bonds is 9. The standard InChI is InChI=1S/C25H29F2N9O/c1-16-11-18-24(27)20(13-19(26)25(18)31-16)37-15-30-23(36-9-7-35(8-10-36)6-4-5-28)14-21(29-3)32-22-12-17(2)33-34-22/h11-14,31H,3-4,6-10,15H2,1-2H3,(H2,32,33,34)/b21-14+,30-23+. The lowest BCUT2D eigenvalue weighted by atomic mass is 10.2. The SMILES string of the molecule is C=N/C(=C\C(=N/COc1cc(F)c2[nH]c(C)cc2c1F)N1CCN(CCC#N)CC1)Nc1cc(C)[nH]n1. The highest BCUT2D eigenvalue weighted by molar-refractivity contribution is 5.94. The number of aromatic nitrogens is 3. The number of fused-ring (bicyclic) bond motifs is 1. The largest absolute Gasteiger partial charge is 0.468 e. The summed E-state index contributed by atoms with van der Waals surface area (Å²) in [4.78, 5) is 15.7. The van der Waals surface area contributed by atoms with Gasteiger partial charge in [-0.1, -0.05) is 0 Å². The van der Waals surface area contributed by atoms with Crippen LogP contribution < -0.4 is 10.1 Å². The fourth-order valence-electron chi connectivity index (χ4n) is 4.11. The summed E-state index contributed by atoms with van der Waals surface area (Å²) in [5, 5.41) is 19.1. The summed E-state index contributed by atoms with van der Waals surface area (Å²) in [5.41, 5.74) is 1.63. The van der Waals surface area contributed by atoms with E-state index in [0.717, 1.165) is 24.8 Å². The number of nitriles is 1. The van der Waals surface area contributed by atoms with Crippen LogP contribution >= 0.6 is 0 Å². The van der Waals surface area contributed by atoms with Crippen molar-refractivity contribution in [2.45, 2.75) is 20.3 Å². The summed E-state index contributed by atoms with van der Waals surface area (Å²) < 4.78 is 35.0. The van der Waals surface area contributed by atoms with Crippen molar-refractivity contribution in [3.05, 3.63) is 53.1 Å². The van der Waals surface area contributed by atoms with Gasteiger partial charge in [-0.2, -0.15) is 10.4 Å². The predicted octanol–water partition coefficient (Wildman–Crippen LogP) is 3.71. The average Bonchev–Trinajstić information content (AvgIpc) is 3.50. The number of nitrogens with zero attached hydrogens (tertiary/aromatic N) is 6. The molecule has 0 bridgehead atoms. The predicted molar refractivity (Wildman–Crippen MR) is 139 cm³/mol. The molecule has 10 nitrogen and oxygen atoms in total. The molecule has 37 heavy (non-hydrogen) atoms. The first-order valence-corrected chi connectivity index (χ1v) is 11.8. The van der Waals surface area contributed by atoms with Crippen LogP contribution in [0, 0.1) is 36.8 Å². The number of aliphatic imine (C=N–C) groups is 2. The number of piperazine rings is 1. The maximum absolute atomic E-state index is 14.9. The zero-order valence-electron chi connectivity index (χ0n) is 20.8. The van der Waals surface area contributed by atoms with Crippen LogP contribution in [-0.4, -0.2) is 77.0 Å². The van der Waals surface area contributed by atoms with E-state index in [1.165, 1.54) is 6.07 Å². The first-order chi connectivity index (χ1) is 17.9. The number of amidine groups is 1. The van der Waals surface area contributed by atoms with Gasteiger partial charge in [-0.05, 0) is 26.6 Å². The van der Waals surface area contributed by atoms with Gasteiger partial charge in [0.25, 0.3) is 0 Å². The highest BCUT2D eigenvalue weighted by Crippen LogP contribution is 2.29. The van der Waals surface area contributed by atoms with E-state index >= 15 is 0 Å². The lowest BCUT2D eigenvalue weighted by Crippen LogP contribution is -2.48. The first-order valence-electron chi connectivity index (χ1n) is 11.8.